The van der Waals surface area contributed by atoms with E-state index >= 15 is 0 Å². The van der Waals surface area contributed by atoms with Gasteiger partial charge in [-0.2, -0.15) is 0 Å². The lowest BCUT2D eigenvalue weighted by atomic mass is 10.4. The molecule has 92 valence electrons. The van der Waals surface area contributed by atoms with Gasteiger partial charge in [0.2, 0.25) is 0 Å². The van der Waals surface area contributed by atoms with Gasteiger partial charge in [-0.05, 0) is 13.8 Å². The van der Waals surface area contributed by atoms with Crippen molar-refractivity contribution in [2.45, 2.75) is 25.5 Å². The zero-order valence-corrected chi connectivity index (χ0v) is 10.9. The number of hydrogen-bond acceptors (Lipinski definition) is 6. The summed E-state index contributed by atoms with van der Waals surface area (Å²) in [6.45, 7) is 4.06. The predicted molar refractivity (Wildman–Crippen MR) is 62.9 cm³/mol. The number of nitrogens with zero attached hydrogens (tertiary/aromatic N) is 4. The van der Waals surface area contributed by atoms with Crippen LogP contribution in [0.1, 0.15) is 12.6 Å². The van der Waals surface area contributed by atoms with Crippen LogP contribution in [0, 0.1) is 6.92 Å². The molecule has 0 atom stereocenters. The van der Waals surface area contributed by atoms with Gasteiger partial charge in [-0.1, -0.05) is 0 Å². The lowest BCUT2D eigenvalue weighted by Crippen LogP contribution is -2.18. The molecule has 2 heterocycles. The maximum atomic E-state index is 11.3. The van der Waals surface area contributed by atoms with Gasteiger partial charge in [0, 0.05) is 6.54 Å². The predicted octanol–water partition coefficient (Wildman–Crippen LogP) is 0.377. The molecule has 2 aromatic heterocycles. The molecule has 17 heavy (non-hydrogen) atoms. The molecule has 0 amide bonds. The van der Waals surface area contributed by atoms with Crippen molar-refractivity contribution < 1.29 is 8.42 Å². The fraction of sp³-hybridized carbons (Fsp3) is 0.375. The standard InChI is InChI=1S/C8H11N5O2S2/c1-3-13-7(6-5(2)10-4-16-6)11-12-8(13)17(9,14)15/h4H,3H2,1-2H3,(H2,9,14,15). The van der Waals surface area contributed by atoms with Crippen LogP contribution >= 0.6 is 11.3 Å². The average molecular weight is 273 g/mol. The molecule has 0 radical (unpaired) electrons. The van der Waals surface area contributed by atoms with Crippen LogP contribution in [0.2, 0.25) is 0 Å². The zero-order chi connectivity index (χ0) is 12.6. The van der Waals surface area contributed by atoms with Gasteiger partial charge < -0.3 is 0 Å². The Labute approximate surface area is 102 Å². The Bertz CT molecular complexity index is 643. The Morgan fingerprint density at radius 3 is 2.65 bits per heavy atom. The molecule has 2 rings (SSSR count). The summed E-state index contributed by atoms with van der Waals surface area (Å²) in [5.41, 5.74) is 2.47. The van der Waals surface area contributed by atoms with E-state index in [1.165, 1.54) is 15.9 Å². The Morgan fingerprint density at radius 1 is 1.47 bits per heavy atom. The van der Waals surface area contributed by atoms with Crippen LogP contribution in [0.3, 0.4) is 0 Å². The molecule has 9 heteroatoms. The molecule has 0 aliphatic rings. The first-order valence-corrected chi connectivity index (χ1v) is 7.24. The first-order chi connectivity index (χ1) is 7.95. The number of primary sulfonamides is 1. The van der Waals surface area contributed by atoms with Gasteiger partial charge >= 0.3 is 0 Å². The van der Waals surface area contributed by atoms with E-state index in [2.05, 4.69) is 15.2 Å². The van der Waals surface area contributed by atoms with Crippen LogP contribution in [-0.2, 0) is 16.6 Å². The van der Waals surface area contributed by atoms with Gasteiger partial charge in [-0.15, -0.1) is 21.5 Å². The van der Waals surface area contributed by atoms with E-state index in [1.54, 1.807) is 12.4 Å². The molecule has 0 aliphatic carbocycles. The Hall–Kier alpha value is -1.32. The first-order valence-electron chi connectivity index (χ1n) is 4.81. The Balaban J connectivity index is 2.66. The lowest BCUT2D eigenvalue weighted by Gasteiger charge is -2.04. The third-order valence-corrected chi connectivity index (χ3v) is 3.97. The smallest absolute Gasteiger partial charge is 0.273 e. The monoisotopic (exact) mass is 273 g/mol. The third kappa shape index (κ3) is 2.08. The highest BCUT2D eigenvalue weighted by Crippen LogP contribution is 2.26. The second-order valence-electron chi connectivity index (χ2n) is 3.36. The number of aromatic nitrogens is 4. The van der Waals surface area contributed by atoms with Crippen molar-refractivity contribution in [2.24, 2.45) is 5.14 Å². The van der Waals surface area contributed by atoms with Gasteiger partial charge in [0.25, 0.3) is 15.2 Å². The largest absolute Gasteiger partial charge is 0.296 e. The van der Waals surface area contributed by atoms with Crippen LogP contribution in [0.4, 0.5) is 0 Å². The molecule has 2 N–H and O–H groups in total. The molecule has 0 saturated heterocycles. The summed E-state index contributed by atoms with van der Waals surface area (Å²) in [6, 6.07) is 0. The second-order valence-corrected chi connectivity index (χ2v) is 5.67. The van der Waals surface area contributed by atoms with E-state index in [-0.39, 0.29) is 5.16 Å². The minimum Gasteiger partial charge on any atom is -0.296 e. The average Bonchev–Trinajstić information content (AvgIpc) is 2.81. The van der Waals surface area contributed by atoms with Crippen LogP contribution in [0.25, 0.3) is 10.7 Å². The van der Waals surface area contributed by atoms with E-state index in [4.69, 9.17) is 5.14 Å². The highest BCUT2D eigenvalue weighted by atomic mass is 32.2. The molecule has 0 saturated carbocycles. The van der Waals surface area contributed by atoms with Crippen LogP contribution in [-0.4, -0.2) is 28.2 Å². The van der Waals surface area contributed by atoms with Gasteiger partial charge in [0.15, 0.2) is 5.82 Å². The van der Waals surface area contributed by atoms with E-state index in [0.29, 0.717) is 12.4 Å². The number of thiazole rings is 1. The summed E-state index contributed by atoms with van der Waals surface area (Å²) < 4.78 is 24.1. The van der Waals surface area contributed by atoms with Crippen molar-refractivity contribution in [2.75, 3.05) is 0 Å². The van der Waals surface area contributed by atoms with Crippen LogP contribution < -0.4 is 5.14 Å². The quantitative estimate of drug-likeness (QED) is 0.870. The van der Waals surface area contributed by atoms with E-state index in [0.717, 1.165) is 10.6 Å². The fourth-order valence-corrected chi connectivity index (χ4v) is 2.94. The number of sulfonamides is 1. The zero-order valence-electron chi connectivity index (χ0n) is 9.28. The van der Waals surface area contributed by atoms with Gasteiger partial charge in [0.1, 0.15) is 0 Å². The van der Waals surface area contributed by atoms with Gasteiger partial charge in [-0.3, -0.25) is 4.57 Å². The number of aryl methyl sites for hydroxylation is 1. The Morgan fingerprint density at radius 2 is 2.18 bits per heavy atom. The number of hydrogen-bond donors (Lipinski definition) is 1. The van der Waals surface area contributed by atoms with Gasteiger partial charge in [0.05, 0.1) is 16.1 Å². The molecule has 2 aromatic rings. The fourth-order valence-electron chi connectivity index (χ4n) is 1.47. The summed E-state index contributed by atoms with van der Waals surface area (Å²) in [5.74, 6) is 0.483. The normalized spacial score (nSPS) is 11.9. The van der Waals surface area contributed by atoms with Crippen molar-refractivity contribution >= 4 is 21.4 Å². The molecular weight excluding hydrogens is 262 g/mol. The van der Waals surface area contributed by atoms with E-state index < -0.39 is 10.0 Å². The third-order valence-electron chi connectivity index (χ3n) is 2.24. The van der Waals surface area contributed by atoms with Crippen LogP contribution in [0.15, 0.2) is 10.7 Å². The molecule has 0 bridgehead atoms. The molecule has 7 nitrogen and oxygen atoms in total. The minimum absolute atomic E-state index is 0.220. The minimum atomic E-state index is -3.86. The van der Waals surface area contributed by atoms with Crippen molar-refractivity contribution in [3.8, 4) is 10.7 Å². The number of rotatable bonds is 3. The van der Waals surface area contributed by atoms with Crippen molar-refractivity contribution in [1.29, 1.82) is 0 Å². The molecular formula is C8H11N5O2S2. The summed E-state index contributed by atoms with van der Waals surface area (Å²) in [4.78, 5) is 4.90. The molecule has 0 unspecified atom stereocenters. The number of nitrogens with two attached hydrogens (primary N) is 1. The lowest BCUT2D eigenvalue weighted by molar-refractivity contribution is 0.571. The van der Waals surface area contributed by atoms with Crippen molar-refractivity contribution in [3.05, 3.63) is 11.2 Å². The SMILES string of the molecule is CCn1c(-c2scnc2C)nnc1S(N)(=O)=O. The summed E-state index contributed by atoms with van der Waals surface area (Å²) in [5, 5.41) is 12.4. The summed E-state index contributed by atoms with van der Waals surface area (Å²) in [7, 11) is -3.86. The summed E-state index contributed by atoms with van der Waals surface area (Å²) in [6.07, 6.45) is 0. The van der Waals surface area contributed by atoms with E-state index in [1.807, 2.05) is 6.92 Å². The molecule has 0 aliphatic heterocycles. The second kappa shape index (κ2) is 4.17. The summed E-state index contributed by atoms with van der Waals surface area (Å²) >= 11 is 1.39. The topological polar surface area (TPSA) is 104 Å². The van der Waals surface area contributed by atoms with Crippen molar-refractivity contribution in [3.63, 3.8) is 0 Å². The Kier molecular flexibility index (Phi) is 2.98. The van der Waals surface area contributed by atoms with Gasteiger partial charge in [-0.25, -0.2) is 18.5 Å². The highest BCUT2D eigenvalue weighted by molar-refractivity contribution is 7.89. The molecule has 0 aromatic carbocycles. The highest BCUT2D eigenvalue weighted by Gasteiger charge is 2.22. The van der Waals surface area contributed by atoms with Crippen LogP contribution in [0.5, 0.6) is 0 Å². The molecule has 0 fully saturated rings. The van der Waals surface area contributed by atoms with E-state index in [9.17, 15) is 8.42 Å². The maximum absolute atomic E-state index is 11.3. The van der Waals surface area contributed by atoms with Crippen molar-refractivity contribution in [1.82, 2.24) is 19.7 Å². The first kappa shape index (κ1) is 12.1. The maximum Gasteiger partial charge on any atom is 0.273 e. The molecule has 0 spiro atoms.